The molecule has 0 amide bonds. The van der Waals surface area contributed by atoms with Crippen molar-refractivity contribution >= 4 is 33.6 Å². The number of rotatable bonds is 4. The number of aromatic nitrogens is 1. The van der Waals surface area contributed by atoms with Crippen LogP contribution in [0.5, 0.6) is 0 Å². The van der Waals surface area contributed by atoms with E-state index < -0.39 is 16.6 Å². The zero-order valence-corrected chi connectivity index (χ0v) is 15.0. The zero-order valence-electron chi connectivity index (χ0n) is 13.0. The fourth-order valence-corrected chi connectivity index (χ4v) is 9.48. The summed E-state index contributed by atoms with van der Waals surface area (Å²) in [5.41, 5.74) is 4.44. The van der Waals surface area contributed by atoms with Crippen LogP contribution in [0.25, 0.3) is 17.0 Å². The van der Waals surface area contributed by atoms with Crippen molar-refractivity contribution in [1.82, 2.24) is 4.98 Å². The van der Waals surface area contributed by atoms with Crippen LogP contribution in [0.3, 0.4) is 0 Å². The fourth-order valence-electron chi connectivity index (χ4n) is 2.30. The van der Waals surface area contributed by atoms with Crippen LogP contribution < -0.4 is 0 Å². The van der Waals surface area contributed by atoms with Crippen LogP contribution >= 0.6 is 0 Å². The Morgan fingerprint density at radius 1 is 1.05 bits per heavy atom. The molecule has 1 aromatic heterocycles. The first-order valence-electron chi connectivity index (χ1n) is 6.99. The number of pyridine rings is 1. The molecule has 1 heterocycles. The summed E-state index contributed by atoms with van der Waals surface area (Å²) in [6.07, 6.45) is 4.09. The smallest absolute Gasteiger partial charge is 0.198 e. The van der Waals surface area contributed by atoms with E-state index >= 15 is 0 Å². The predicted octanol–water partition coefficient (Wildman–Crippen LogP) is 4.84. The maximum Gasteiger partial charge on any atom is 0.198 e. The first-order valence-corrected chi connectivity index (χ1v) is 13.4. The van der Waals surface area contributed by atoms with Crippen molar-refractivity contribution < 1.29 is 4.12 Å². The molecule has 0 unspecified atom stereocenters. The maximum atomic E-state index is 6.30. The summed E-state index contributed by atoms with van der Waals surface area (Å²) in [5.74, 6) is 0. The van der Waals surface area contributed by atoms with Gasteiger partial charge in [0.15, 0.2) is 16.6 Å². The normalized spacial score (nSPS) is 13.2. The van der Waals surface area contributed by atoms with Gasteiger partial charge < -0.3 is 4.12 Å². The minimum absolute atomic E-state index is 1.04. The van der Waals surface area contributed by atoms with Crippen molar-refractivity contribution in [2.45, 2.75) is 32.7 Å². The van der Waals surface area contributed by atoms with Crippen molar-refractivity contribution in [2.75, 3.05) is 0 Å². The number of hydrogen-bond donors (Lipinski definition) is 0. The monoisotopic (exact) mass is 301 g/mol. The molecule has 0 spiro atoms. The van der Waals surface area contributed by atoms with Crippen molar-refractivity contribution in [3.05, 3.63) is 47.8 Å². The molecule has 2 nitrogen and oxygen atoms in total. The van der Waals surface area contributed by atoms with E-state index in [1.807, 2.05) is 24.4 Å². The molecule has 0 bridgehead atoms. The van der Waals surface area contributed by atoms with E-state index in [-0.39, 0.29) is 0 Å². The van der Waals surface area contributed by atoms with E-state index in [9.17, 15) is 0 Å². The average Bonchev–Trinajstić information content (AvgIpc) is 2.33. The third-order valence-corrected chi connectivity index (χ3v) is 8.38. The molecular weight excluding hydrogens is 278 g/mol. The summed E-state index contributed by atoms with van der Waals surface area (Å²) >= 11 is 0. The van der Waals surface area contributed by atoms with Crippen LogP contribution in [0.1, 0.15) is 5.56 Å². The van der Waals surface area contributed by atoms with Crippen molar-refractivity contribution in [3.8, 4) is 0 Å². The molecule has 0 N–H and O–H groups in total. The number of hydrogen-bond acceptors (Lipinski definition) is 2. The van der Waals surface area contributed by atoms with Crippen molar-refractivity contribution in [1.29, 1.82) is 0 Å². The quantitative estimate of drug-likeness (QED) is 0.754. The molecule has 0 fully saturated rings. The van der Waals surface area contributed by atoms with Crippen LogP contribution in [0, 0.1) is 0 Å². The Morgan fingerprint density at radius 3 is 2.45 bits per heavy atom. The first-order chi connectivity index (χ1) is 9.25. The minimum atomic E-state index is -1.74. The van der Waals surface area contributed by atoms with E-state index in [0.717, 1.165) is 11.1 Å². The molecule has 0 saturated heterocycles. The van der Waals surface area contributed by atoms with Crippen molar-refractivity contribution in [2.24, 2.45) is 0 Å². The molecule has 106 valence electrons. The second-order valence-corrected chi connectivity index (χ2v) is 15.2. The van der Waals surface area contributed by atoms with Gasteiger partial charge in [0.25, 0.3) is 0 Å². The van der Waals surface area contributed by atoms with E-state index in [1.165, 1.54) is 5.39 Å². The number of benzene rings is 1. The van der Waals surface area contributed by atoms with Gasteiger partial charge in [-0.1, -0.05) is 30.0 Å². The van der Waals surface area contributed by atoms with E-state index in [0.29, 0.717) is 0 Å². The molecule has 2 rings (SSSR count). The lowest BCUT2D eigenvalue weighted by Gasteiger charge is -2.28. The first kappa shape index (κ1) is 15.2. The number of para-hydroxylation sites is 1. The standard InChI is InChI=1S/C16H23NOSi2/c1-19(2,3)18-20(4,5)11-10-14-12-15-8-6-7-9-16(15)17-13-14/h6-13H,1-5H3/b11-10-. The van der Waals surface area contributed by atoms with Gasteiger partial charge in [-0.2, -0.15) is 0 Å². The van der Waals surface area contributed by atoms with Gasteiger partial charge in [0, 0.05) is 11.6 Å². The summed E-state index contributed by atoms with van der Waals surface area (Å²) in [5, 5.41) is 1.18. The maximum absolute atomic E-state index is 6.30. The van der Waals surface area contributed by atoms with Gasteiger partial charge in [0.1, 0.15) is 0 Å². The Labute approximate surface area is 123 Å². The van der Waals surface area contributed by atoms with Gasteiger partial charge in [-0.25, -0.2) is 0 Å². The summed E-state index contributed by atoms with van der Waals surface area (Å²) in [6.45, 7) is 11.2. The Bertz CT molecular complexity index is 630. The second-order valence-electron chi connectivity index (χ2n) is 6.61. The molecule has 0 saturated carbocycles. The molecular formula is C16H23NOSi2. The molecule has 20 heavy (non-hydrogen) atoms. The highest BCUT2D eigenvalue weighted by Gasteiger charge is 2.26. The average molecular weight is 302 g/mol. The Morgan fingerprint density at radius 2 is 1.75 bits per heavy atom. The van der Waals surface area contributed by atoms with E-state index in [4.69, 9.17) is 4.12 Å². The van der Waals surface area contributed by atoms with Crippen LogP contribution in [0.2, 0.25) is 32.7 Å². The van der Waals surface area contributed by atoms with Crippen LogP contribution in [0.4, 0.5) is 0 Å². The minimum Gasteiger partial charge on any atom is -0.453 e. The number of fused-ring (bicyclic) bond motifs is 1. The zero-order chi connectivity index (χ0) is 14.8. The fraction of sp³-hybridized carbons (Fsp3) is 0.312. The summed E-state index contributed by atoms with van der Waals surface area (Å²) in [4.78, 5) is 4.49. The highest BCUT2D eigenvalue weighted by molar-refractivity contribution is 6.87. The lowest BCUT2D eigenvalue weighted by molar-refractivity contribution is 0.565. The highest BCUT2D eigenvalue weighted by Crippen LogP contribution is 2.18. The van der Waals surface area contributed by atoms with Crippen LogP contribution in [0.15, 0.2) is 42.2 Å². The molecule has 4 heteroatoms. The Kier molecular flexibility index (Phi) is 4.27. The van der Waals surface area contributed by atoms with Crippen molar-refractivity contribution in [3.63, 3.8) is 0 Å². The predicted molar refractivity (Wildman–Crippen MR) is 92.7 cm³/mol. The lowest BCUT2D eigenvalue weighted by Crippen LogP contribution is -2.40. The molecule has 1 aromatic carbocycles. The second kappa shape index (κ2) is 5.64. The molecule has 0 aliphatic carbocycles. The summed E-state index contributed by atoms with van der Waals surface area (Å²) in [6, 6.07) is 10.4. The van der Waals surface area contributed by atoms with Gasteiger partial charge in [0.2, 0.25) is 0 Å². The third kappa shape index (κ3) is 4.40. The van der Waals surface area contributed by atoms with Gasteiger partial charge >= 0.3 is 0 Å². The Balaban J connectivity index is 2.20. The molecule has 0 aliphatic heterocycles. The van der Waals surface area contributed by atoms with Crippen LogP contribution in [-0.4, -0.2) is 21.6 Å². The molecule has 0 aliphatic rings. The SMILES string of the molecule is C[Si](C)(C)O[Si](C)(C)/C=C\c1cnc2ccccc2c1. The summed E-state index contributed by atoms with van der Waals surface area (Å²) in [7, 11) is -3.22. The van der Waals surface area contributed by atoms with E-state index in [1.54, 1.807) is 0 Å². The lowest BCUT2D eigenvalue weighted by atomic mass is 10.2. The largest absolute Gasteiger partial charge is 0.453 e. The van der Waals surface area contributed by atoms with Gasteiger partial charge in [0.05, 0.1) is 5.52 Å². The van der Waals surface area contributed by atoms with Crippen LogP contribution in [-0.2, 0) is 4.12 Å². The highest BCUT2D eigenvalue weighted by atomic mass is 28.4. The topological polar surface area (TPSA) is 22.1 Å². The molecule has 0 radical (unpaired) electrons. The van der Waals surface area contributed by atoms with Gasteiger partial charge in [-0.05, 0) is 50.4 Å². The Hall–Kier alpha value is -1.24. The van der Waals surface area contributed by atoms with E-state index in [2.05, 4.69) is 61.6 Å². The van der Waals surface area contributed by atoms with Gasteiger partial charge in [-0.15, -0.1) is 0 Å². The number of nitrogens with zero attached hydrogens (tertiary/aromatic N) is 1. The molecule has 2 aromatic rings. The third-order valence-electron chi connectivity index (χ3n) is 2.86. The van der Waals surface area contributed by atoms with Gasteiger partial charge in [-0.3, -0.25) is 4.98 Å². The summed E-state index contributed by atoms with van der Waals surface area (Å²) < 4.78 is 6.30. The molecule has 0 atom stereocenters.